The zero-order valence-electron chi connectivity index (χ0n) is 36.0. The smallest absolute Gasteiger partial charge is 0.431 e. The number of amides is 1. The van der Waals surface area contributed by atoms with Crippen LogP contribution in [0.15, 0.2) is 48.0 Å². The number of imidazole rings is 1. The lowest BCUT2D eigenvalue weighted by Gasteiger charge is -2.49. The van der Waals surface area contributed by atoms with Crippen LogP contribution in [-0.4, -0.2) is 135 Å². The molecule has 4 aliphatic rings. The van der Waals surface area contributed by atoms with Gasteiger partial charge in [0.2, 0.25) is 0 Å². The van der Waals surface area contributed by atoms with Crippen LogP contribution in [0, 0.1) is 23.7 Å². The van der Waals surface area contributed by atoms with E-state index in [0.717, 1.165) is 17.0 Å². The lowest BCUT2D eigenvalue weighted by molar-refractivity contribution is -0.295. The van der Waals surface area contributed by atoms with Gasteiger partial charge < -0.3 is 38.3 Å². The van der Waals surface area contributed by atoms with Gasteiger partial charge in [-0.05, 0) is 73.4 Å². The Hall–Kier alpha value is -3.89. The van der Waals surface area contributed by atoms with E-state index >= 15 is 0 Å². The molecule has 6 rings (SSSR count). The van der Waals surface area contributed by atoms with Crippen molar-refractivity contribution in [1.29, 1.82) is 0 Å². The number of esters is 1. The first-order chi connectivity index (χ1) is 27.4. The van der Waals surface area contributed by atoms with E-state index in [1.807, 2.05) is 94.7 Å². The molecule has 1 amide bonds. The number of ketones is 1. The highest BCUT2D eigenvalue weighted by atomic mass is 16.7. The largest absolute Gasteiger partial charge is 0.457 e. The van der Waals surface area contributed by atoms with E-state index in [4.69, 9.17) is 28.8 Å². The first kappa shape index (κ1) is 43.7. The van der Waals surface area contributed by atoms with Crippen LogP contribution in [0.5, 0.6) is 0 Å². The Labute approximate surface area is 342 Å². The molecule has 15 nitrogen and oxygen atoms in total. The molecule has 3 fully saturated rings. The molecule has 5 heterocycles. The number of hydrazone groups is 1. The maximum absolute atomic E-state index is 14.4. The molecule has 0 saturated carbocycles. The molecule has 1 unspecified atom stereocenters. The first-order valence-electron chi connectivity index (χ1n) is 20.8. The summed E-state index contributed by atoms with van der Waals surface area (Å²) in [4.78, 5) is 48.9. The van der Waals surface area contributed by atoms with E-state index in [-0.39, 0.29) is 24.0 Å². The Morgan fingerprint density at radius 2 is 1.72 bits per heavy atom. The zero-order chi connectivity index (χ0) is 42.3. The number of aliphatic hydroxyl groups is 1. The lowest BCUT2D eigenvalue weighted by atomic mass is 9.73. The molecule has 3 saturated heterocycles. The third-order valence-corrected chi connectivity index (χ3v) is 13.0. The summed E-state index contributed by atoms with van der Waals surface area (Å²) in [5.41, 5.74) is 0.305. The average Bonchev–Trinajstić information content (AvgIpc) is 3.78. The lowest BCUT2D eigenvalue weighted by Crippen LogP contribution is -2.63. The molecule has 320 valence electrons. The number of nitrogens with zero attached hydrogens (tertiary/aromatic N) is 6. The van der Waals surface area contributed by atoms with Crippen molar-refractivity contribution in [3.05, 3.63) is 42.9 Å². The average molecular weight is 809 g/mol. The molecule has 4 aliphatic heterocycles. The fourth-order valence-electron chi connectivity index (χ4n) is 9.75. The first-order valence-corrected chi connectivity index (χ1v) is 20.8. The van der Waals surface area contributed by atoms with Crippen LogP contribution in [0.4, 0.5) is 4.79 Å². The molecule has 0 spiro atoms. The number of carbonyl (C=O) groups excluding carboxylic acids is 3. The molecule has 15 heteroatoms. The number of Topliss-reactive ketones (excluding diaryl/α,β-unsaturated/α-hetero) is 1. The minimum atomic E-state index is -1.27. The van der Waals surface area contributed by atoms with Gasteiger partial charge in [-0.15, -0.1) is 0 Å². The SMILES string of the molecule is CC[C@H]1OC(=O)[C@H](C)C(=O)[C@H](C)[C@@H](O[C@H]2O[C@@H](C)C[C@@H](N(C)C)[C@@H]2O)C(C)(OC)C[C@@H](C)C2=NN(CCCn3cnc(-c4ccccc4)c3)N3C(=O)O[C@@]1(C)[C@H]3[C@H]2C. The number of rotatable bonds is 10. The normalized spacial score (nSPS) is 37.4. The van der Waals surface area contributed by atoms with Crippen molar-refractivity contribution in [2.24, 2.45) is 28.8 Å². The van der Waals surface area contributed by atoms with Gasteiger partial charge in [-0.1, -0.05) is 58.0 Å². The van der Waals surface area contributed by atoms with E-state index in [9.17, 15) is 19.5 Å². The Morgan fingerprint density at radius 3 is 2.38 bits per heavy atom. The number of aryl methyl sites for hydroxylation is 1. The van der Waals surface area contributed by atoms with Crippen molar-refractivity contribution < 1.29 is 43.2 Å². The molecule has 13 atom stereocenters. The van der Waals surface area contributed by atoms with Crippen molar-refractivity contribution in [3.8, 4) is 11.3 Å². The highest BCUT2D eigenvalue weighted by Crippen LogP contribution is 2.46. The summed E-state index contributed by atoms with van der Waals surface area (Å²) in [5.74, 6) is -3.77. The second-order valence-electron chi connectivity index (χ2n) is 17.5. The topological polar surface area (TPSA) is 157 Å². The second-order valence-corrected chi connectivity index (χ2v) is 17.5. The third-order valence-electron chi connectivity index (χ3n) is 13.0. The fraction of sp³-hybridized carbons (Fsp3) is 0.698. The van der Waals surface area contributed by atoms with Crippen LogP contribution in [0.1, 0.15) is 81.1 Å². The van der Waals surface area contributed by atoms with Crippen molar-refractivity contribution in [3.63, 3.8) is 0 Å². The van der Waals surface area contributed by atoms with E-state index in [1.165, 1.54) is 6.92 Å². The number of benzene rings is 1. The molecule has 1 aromatic heterocycles. The highest BCUT2D eigenvalue weighted by Gasteiger charge is 2.63. The summed E-state index contributed by atoms with van der Waals surface area (Å²) in [6.45, 7) is 15.9. The number of carbonyl (C=O) groups is 3. The fourth-order valence-corrected chi connectivity index (χ4v) is 9.75. The number of hydrogen-bond donors (Lipinski definition) is 1. The summed E-state index contributed by atoms with van der Waals surface area (Å²) in [6.07, 6.45) is 1.03. The zero-order valence-corrected chi connectivity index (χ0v) is 36.0. The summed E-state index contributed by atoms with van der Waals surface area (Å²) in [5, 5.41) is 20.0. The molecule has 0 aliphatic carbocycles. The number of fused-ring (bicyclic) bond motifs is 1. The molecule has 1 N–H and O–H groups in total. The summed E-state index contributed by atoms with van der Waals surface area (Å²) >= 11 is 0. The quantitative estimate of drug-likeness (QED) is 0.249. The predicted molar refractivity (Wildman–Crippen MR) is 216 cm³/mol. The van der Waals surface area contributed by atoms with Gasteiger partial charge in [0.15, 0.2) is 17.7 Å². The molecular formula is C43H64N6O9. The van der Waals surface area contributed by atoms with Crippen molar-refractivity contribution in [2.75, 3.05) is 27.7 Å². The Bertz CT molecular complexity index is 1810. The highest BCUT2D eigenvalue weighted by molar-refractivity contribution is 6.00. The van der Waals surface area contributed by atoms with Crippen LogP contribution in [0.3, 0.4) is 0 Å². The minimum Gasteiger partial charge on any atom is -0.457 e. The molecule has 58 heavy (non-hydrogen) atoms. The number of methoxy groups -OCH3 is 1. The summed E-state index contributed by atoms with van der Waals surface area (Å²) < 4.78 is 33.8. The number of aliphatic hydroxyl groups excluding tert-OH is 1. The number of likely N-dealkylation sites (N-methyl/N-ethyl adjacent to an activating group) is 1. The van der Waals surface area contributed by atoms with Crippen molar-refractivity contribution >= 4 is 23.6 Å². The monoisotopic (exact) mass is 808 g/mol. The number of ether oxygens (including phenoxy) is 5. The van der Waals surface area contributed by atoms with Gasteiger partial charge in [0.05, 0.1) is 36.4 Å². The predicted octanol–water partition coefficient (Wildman–Crippen LogP) is 5.16. The van der Waals surface area contributed by atoms with Crippen molar-refractivity contribution in [1.82, 2.24) is 24.6 Å². The van der Waals surface area contributed by atoms with Gasteiger partial charge in [-0.2, -0.15) is 15.2 Å². The second kappa shape index (κ2) is 17.4. The van der Waals surface area contributed by atoms with Crippen LogP contribution >= 0.6 is 0 Å². The molecule has 2 bridgehead atoms. The van der Waals surface area contributed by atoms with Crippen LogP contribution in [0.2, 0.25) is 0 Å². The number of aromatic nitrogens is 2. The summed E-state index contributed by atoms with van der Waals surface area (Å²) in [6, 6.07) is 9.15. The maximum atomic E-state index is 14.4. The maximum Gasteiger partial charge on any atom is 0.431 e. The van der Waals surface area contributed by atoms with Gasteiger partial charge in [-0.3, -0.25) is 9.59 Å². The van der Waals surface area contributed by atoms with Crippen LogP contribution in [-0.2, 0) is 39.8 Å². The summed E-state index contributed by atoms with van der Waals surface area (Å²) in [7, 11) is 5.38. The van der Waals surface area contributed by atoms with Gasteiger partial charge in [0.25, 0.3) is 0 Å². The van der Waals surface area contributed by atoms with Gasteiger partial charge >= 0.3 is 12.1 Å². The van der Waals surface area contributed by atoms with E-state index in [1.54, 1.807) is 30.5 Å². The van der Waals surface area contributed by atoms with Crippen LogP contribution in [0.25, 0.3) is 11.3 Å². The van der Waals surface area contributed by atoms with E-state index in [2.05, 4.69) is 11.9 Å². The van der Waals surface area contributed by atoms with Gasteiger partial charge in [-0.25, -0.2) is 9.78 Å². The van der Waals surface area contributed by atoms with E-state index < -0.39 is 71.5 Å². The third kappa shape index (κ3) is 8.29. The van der Waals surface area contributed by atoms with Crippen molar-refractivity contribution in [2.45, 2.75) is 142 Å². The number of hydrogen-bond acceptors (Lipinski definition) is 13. The Kier molecular flexibility index (Phi) is 13.1. The Balaban J connectivity index is 1.37. The Morgan fingerprint density at radius 1 is 1.02 bits per heavy atom. The minimum absolute atomic E-state index is 0.227. The van der Waals surface area contributed by atoms with E-state index in [0.29, 0.717) is 38.8 Å². The molecule has 2 aromatic rings. The molecular weight excluding hydrogens is 745 g/mol. The number of cyclic esters (lactones) is 1. The standard InChI is InChI=1S/C43H64N6O9/c1-12-33-43(8)37-27(4)34(45-48(49(37)41(53)58-43)20-16-19-47-23-31(44-24-47)30-17-14-13-15-18-30)25(2)22-42(7,54-11)38(28(5)35(50)29(6)39(52)56-33)57-40-36(51)32(46(9)10)21-26(3)55-40/h13-15,17-18,23-29,32-33,36-38,40,51H,12,16,19-22H2,1-11H3/t25-,26+,27+,28+,29-,32-,33-,36+,37-,38-,40-,42?,43-/m1/s1. The van der Waals surface area contributed by atoms with Gasteiger partial charge in [0.1, 0.15) is 24.2 Å². The molecule has 0 radical (unpaired) electrons. The van der Waals surface area contributed by atoms with Gasteiger partial charge in [0, 0.05) is 49.0 Å². The van der Waals surface area contributed by atoms with Crippen LogP contribution < -0.4 is 0 Å². The number of hydrazine groups is 1. The molecule has 1 aromatic carbocycles.